The first-order valence-corrected chi connectivity index (χ1v) is 33.2. The number of fused-ring (bicyclic) bond motifs is 2. The number of phosphoric ester groups is 1. The lowest BCUT2D eigenvalue weighted by atomic mass is 9.75. The fraction of sp³-hybridized carbons (Fsp3) is 0.481. The van der Waals surface area contributed by atoms with Gasteiger partial charge in [0, 0.05) is 102 Å². The molecule has 3 aliphatic rings. The highest BCUT2D eigenvalue weighted by molar-refractivity contribution is 7.94. The number of carbonyl (C=O) groups excluding carboxylic acids is 2. The second kappa shape index (κ2) is 32.0. The number of hydrogen-bond donors (Lipinski definition) is 10. The molecule has 33 heteroatoms. The molecule has 2 aromatic carbocycles. The molecule has 7 atom stereocenters. The zero-order chi connectivity index (χ0) is 62.0. The number of aromatic nitrogens is 2. The van der Waals surface area contributed by atoms with Crippen LogP contribution >= 0.6 is 47.6 Å². The van der Waals surface area contributed by atoms with E-state index in [4.69, 9.17) is 29.4 Å². The van der Waals surface area contributed by atoms with Crippen molar-refractivity contribution < 1.29 is 99.7 Å². The predicted octanol–water partition coefficient (Wildman–Crippen LogP) is 7.65. The number of hydrogen-bond acceptors (Lipinski definition) is 21. The molecule has 85 heavy (non-hydrogen) atoms. The van der Waals surface area contributed by atoms with Crippen LogP contribution in [-0.4, -0.2) is 118 Å². The molecule has 1 fully saturated rings. The van der Waals surface area contributed by atoms with E-state index >= 15 is 0 Å². The number of nitrogens with one attached hydrogen (secondary N) is 3. The molecule has 1 aromatic heterocycles. The van der Waals surface area contributed by atoms with Crippen molar-refractivity contribution in [1.29, 1.82) is 0 Å². The highest BCUT2D eigenvalue weighted by Crippen LogP contribution is 2.66. The van der Waals surface area contributed by atoms with Crippen LogP contribution in [0.25, 0.3) is 6.08 Å². The minimum Gasteiger partial charge on any atom is -0.390 e. The van der Waals surface area contributed by atoms with Crippen LogP contribution in [-0.2, 0) is 70.7 Å². The first kappa shape index (κ1) is 69.4. The van der Waals surface area contributed by atoms with Crippen LogP contribution in [0.15, 0.2) is 105 Å². The first-order chi connectivity index (χ1) is 40.4. The van der Waals surface area contributed by atoms with Gasteiger partial charge in [0.05, 0.1) is 35.7 Å². The maximum Gasteiger partial charge on any atom is 0.490 e. The second-order valence-corrected chi connectivity index (χ2v) is 26.1. The molecular weight excluding hydrogens is 1220 g/mol. The van der Waals surface area contributed by atoms with Gasteiger partial charge in [-0.2, -0.15) is 13.2 Å². The predicted molar refractivity (Wildman–Crippen MR) is 313 cm³/mol. The third-order valence-corrected chi connectivity index (χ3v) is 19.4. The normalized spacial score (nSPS) is 22.5. The molecule has 3 aromatic rings. The number of aliphatic hydroxyl groups excluding tert-OH is 1. The topological polar surface area (TPSA) is 386 Å². The summed E-state index contributed by atoms with van der Waals surface area (Å²) in [6, 6.07) is 14.3. The van der Waals surface area contributed by atoms with Gasteiger partial charge in [0.15, 0.2) is 5.71 Å². The van der Waals surface area contributed by atoms with Gasteiger partial charge in [-0.3, -0.25) is 28.5 Å². The average molecular weight is 1290 g/mol. The van der Waals surface area contributed by atoms with Crippen molar-refractivity contribution in [3.8, 4) is 0 Å². The number of anilines is 1. The van der Waals surface area contributed by atoms with Crippen molar-refractivity contribution in [2.75, 3.05) is 43.4 Å². The van der Waals surface area contributed by atoms with Gasteiger partial charge < -0.3 is 45.0 Å². The van der Waals surface area contributed by atoms with Crippen molar-refractivity contribution >= 4 is 82.5 Å². The quantitative estimate of drug-likeness (QED) is 0.00514. The molecule has 468 valence electrons. The Bertz CT molecular complexity index is 3250. The van der Waals surface area contributed by atoms with E-state index in [0.29, 0.717) is 44.4 Å². The maximum absolute atomic E-state index is 13.1. The third-order valence-electron chi connectivity index (χ3n) is 14.4. The van der Waals surface area contributed by atoms with E-state index in [0.717, 1.165) is 100 Å². The number of para-hydroxylation sites is 1. The molecule has 0 radical (unpaired) electrons. The monoisotopic (exact) mass is 1290 g/mol. The SMILES string of the molecule is CCN1C(=CC=CC=CC2=[N+](CC)c3ccccc3[C@]2(C)CCCC(=O)NCCCCCC(=O)NC/C=C/c2cn(C3CC(O)C(COP(=O)(O)OP(=O)(O)OP(=O)(O)O)O3)c(=O)[nH]c2=O)[C@](C)(CCCSOOO)c2cc(SOOO)ccc21. The largest absolute Gasteiger partial charge is 0.490 e. The molecule has 1 saturated heterocycles. The molecule has 4 heterocycles. The van der Waals surface area contributed by atoms with E-state index in [9.17, 15) is 47.8 Å². The second-order valence-electron chi connectivity index (χ2n) is 20.1. The Morgan fingerprint density at radius 3 is 2.32 bits per heavy atom. The van der Waals surface area contributed by atoms with E-state index < -0.39 is 65.2 Å². The molecule has 6 rings (SSSR count). The summed E-state index contributed by atoms with van der Waals surface area (Å²) in [5.74, 6) is 0.265. The average Bonchev–Trinajstić information content (AvgIpc) is 2.06. The Labute approximate surface area is 498 Å². The summed E-state index contributed by atoms with van der Waals surface area (Å²) in [7, 11) is -16.9. The third kappa shape index (κ3) is 19.4. The Morgan fingerprint density at radius 2 is 1.59 bits per heavy atom. The number of ether oxygens (including phenoxy) is 1. The smallest absolute Gasteiger partial charge is 0.390 e. The Morgan fingerprint density at radius 1 is 0.859 bits per heavy atom. The van der Waals surface area contributed by atoms with E-state index in [2.05, 4.69) is 111 Å². The number of unbranched alkanes of at least 4 members (excludes halogenated alkanes) is 2. The number of benzene rings is 2. The van der Waals surface area contributed by atoms with Crippen LogP contribution in [0.5, 0.6) is 0 Å². The summed E-state index contributed by atoms with van der Waals surface area (Å²) in [6.45, 7) is 9.63. The number of H-pyrrole nitrogens is 1. The summed E-state index contributed by atoms with van der Waals surface area (Å²) in [5, 5.41) is 41.2. The summed E-state index contributed by atoms with van der Waals surface area (Å²) < 4.78 is 64.6. The van der Waals surface area contributed by atoms with Crippen LogP contribution in [0.4, 0.5) is 11.4 Å². The highest BCUT2D eigenvalue weighted by atomic mass is 32.2. The van der Waals surface area contributed by atoms with E-state index in [1.165, 1.54) is 17.7 Å². The van der Waals surface area contributed by atoms with Gasteiger partial charge in [-0.1, -0.05) is 65.1 Å². The van der Waals surface area contributed by atoms with Crippen LogP contribution in [0.1, 0.15) is 115 Å². The van der Waals surface area contributed by atoms with Gasteiger partial charge >= 0.3 is 29.2 Å². The molecule has 10 N–H and O–H groups in total. The first-order valence-electron chi connectivity index (χ1n) is 27.0. The van der Waals surface area contributed by atoms with Crippen molar-refractivity contribution in [2.45, 2.75) is 126 Å². The number of aromatic amines is 1. The molecule has 3 aliphatic heterocycles. The number of phosphoric acid groups is 3. The number of amides is 2. The fourth-order valence-corrected chi connectivity index (χ4v) is 14.4. The molecule has 0 bridgehead atoms. The lowest BCUT2D eigenvalue weighted by molar-refractivity contribution is -0.433. The van der Waals surface area contributed by atoms with Crippen LogP contribution in [0.2, 0.25) is 0 Å². The van der Waals surface area contributed by atoms with Gasteiger partial charge in [0.1, 0.15) is 18.9 Å². The fourth-order valence-electron chi connectivity index (χ4n) is 10.6. The van der Waals surface area contributed by atoms with Gasteiger partial charge in [0.25, 0.3) is 5.56 Å². The number of likely N-dealkylation sites (N-methyl/N-ethyl adjacent to an activating group) is 1. The van der Waals surface area contributed by atoms with Crippen molar-refractivity contribution in [2.24, 2.45) is 0 Å². The minimum absolute atomic E-state index is 0.0283. The number of aliphatic hydroxyl groups is 1. The van der Waals surface area contributed by atoms with Gasteiger partial charge in [-0.05, 0) is 96.1 Å². The molecule has 0 spiro atoms. The number of allylic oxidation sites excluding steroid dienone is 6. The van der Waals surface area contributed by atoms with Gasteiger partial charge in [0.2, 0.25) is 17.5 Å². The number of carbonyl (C=O) groups is 2. The maximum atomic E-state index is 13.1. The summed E-state index contributed by atoms with van der Waals surface area (Å²) in [5.41, 5.74) is 4.18. The van der Waals surface area contributed by atoms with Crippen molar-refractivity contribution in [1.82, 2.24) is 20.2 Å². The van der Waals surface area contributed by atoms with Gasteiger partial charge in [-0.25, -0.2) is 29.0 Å². The van der Waals surface area contributed by atoms with Crippen LogP contribution in [0, 0.1) is 0 Å². The summed E-state index contributed by atoms with van der Waals surface area (Å²) in [4.78, 5) is 92.6. The van der Waals surface area contributed by atoms with E-state index in [1.54, 1.807) is 0 Å². The Hall–Kier alpha value is -4.72. The Kier molecular flexibility index (Phi) is 26.1. The standard InChI is InChI=1S/C52H71N6O22P3S2/c1-5-56-40-20-13-12-19-38(40)51(3,44(56)21-9-7-10-22-45-52(4,28-17-31-84-77-75-64)39-32-37(85-78-76-65)25-26-41(39)57(45)6-2)27-15-24-47(61)53-29-14-8-11-23-46(60)54-30-16-18-36-34-58(50(63)55-49(36)62)48-33-42(59)43(74-48)35-73-82(69,70)80-83(71,72)79-81(66,67)68/h7,9-10,12-13,16,18-22,25-26,32,34,42-43,48,59H,5-6,8,11,14-15,17,23-24,27-31,33,35H2,1-4H3,(H8-,53,54,55,60,61,62,63,64,65,66,67,68,69,70,71,72)/p+1/b18-16+/t42?,43?,48?,51-,52+/m0/s1. The van der Waals surface area contributed by atoms with E-state index in [1.807, 2.05) is 42.5 Å². The van der Waals surface area contributed by atoms with Crippen molar-refractivity contribution in [3.63, 3.8) is 0 Å². The van der Waals surface area contributed by atoms with Gasteiger partial charge in [-0.15, -0.1) is 8.67 Å². The summed E-state index contributed by atoms with van der Waals surface area (Å²) >= 11 is 1.92. The lowest BCUT2D eigenvalue weighted by Gasteiger charge is -2.30. The molecule has 0 saturated carbocycles. The van der Waals surface area contributed by atoms with E-state index in [-0.39, 0.29) is 42.2 Å². The summed E-state index contributed by atoms with van der Waals surface area (Å²) in [6.07, 6.45) is 15.2. The lowest BCUT2D eigenvalue weighted by Crippen LogP contribution is -2.33. The Balaban J connectivity index is 0.944. The molecule has 28 nitrogen and oxygen atoms in total. The highest BCUT2D eigenvalue weighted by Gasteiger charge is 2.48. The van der Waals surface area contributed by atoms with Crippen LogP contribution < -0.4 is 26.8 Å². The van der Waals surface area contributed by atoms with Crippen LogP contribution in [0.3, 0.4) is 0 Å². The zero-order valence-corrected chi connectivity index (χ0v) is 51.3. The molecule has 5 unspecified atom stereocenters. The number of nitrogens with zero attached hydrogens (tertiary/aromatic N) is 3. The molecule has 0 aliphatic carbocycles. The zero-order valence-electron chi connectivity index (χ0n) is 47.0. The molecule has 2 amide bonds. The van der Waals surface area contributed by atoms with Crippen molar-refractivity contribution in [3.05, 3.63) is 128 Å². The minimum atomic E-state index is -5.79. The molecular formula is C52H72N6O22P3S2+. The number of rotatable bonds is 35.